The lowest BCUT2D eigenvalue weighted by atomic mass is 10.1. The van der Waals surface area contributed by atoms with Crippen LogP contribution < -0.4 is 10.6 Å². The maximum absolute atomic E-state index is 12.3. The van der Waals surface area contributed by atoms with Gasteiger partial charge in [0.15, 0.2) is 0 Å². The minimum absolute atomic E-state index is 0.189. The average molecular weight is 433 g/mol. The van der Waals surface area contributed by atoms with E-state index in [2.05, 4.69) is 20.6 Å². The fraction of sp³-hybridized carbons (Fsp3) is 0.300. The predicted molar refractivity (Wildman–Crippen MR) is 115 cm³/mol. The Hall–Kier alpha value is -2.71. The fourth-order valence-corrected chi connectivity index (χ4v) is 4.00. The minimum atomic E-state index is -1.03. The van der Waals surface area contributed by atoms with E-state index in [1.807, 2.05) is 32.0 Å². The van der Waals surface area contributed by atoms with Crippen LogP contribution in [-0.4, -0.2) is 33.0 Å². The van der Waals surface area contributed by atoms with Crippen molar-refractivity contribution < 1.29 is 14.7 Å². The lowest BCUT2D eigenvalue weighted by Crippen LogP contribution is -2.40. The van der Waals surface area contributed by atoms with Gasteiger partial charge in [-0.05, 0) is 48.7 Å². The predicted octanol–water partition coefficient (Wildman–Crippen LogP) is 4.25. The van der Waals surface area contributed by atoms with Crippen molar-refractivity contribution in [2.75, 3.05) is 5.32 Å². The molecule has 9 heteroatoms. The number of amides is 1. The molecular weight excluding hydrogens is 412 g/mol. The highest BCUT2D eigenvalue weighted by atomic mass is 35.5. The van der Waals surface area contributed by atoms with E-state index in [0.29, 0.717) is 30.8 Å². The smallest absolute Gasteiger partial charge is 0.326 e. The van der Waals surface area contributed by atoms with Crippen LogP contribution in [-0.2, 0) is 11.3 Å². The SMILES string of the molecule is CCCC(NC(=O)c1ccc(CNc2nc(Cl)nc3sc(C)cc23)cc1)C(=O)O. The molecule has 0 aliphatic rings. The highest BCUT2D eigenvalue weighted by Crippen LogP contribution is 2.29. The number of carboxylic acid groups (broad SMARTS) is 1. The van der Waals surface area contributed by atoms with E-state index in [0.717, 1.165) is 20.7 Å². The first-order valence-corrected chi connectivity index (χ1v) is 10.4. The quantitative estimate of drug-likeness (QED) is 0.460. The van der Waals surface area contributed by atoms with Crippen LogP contribution >= 0.6 is 22.9 Å². The number of halogens is 1. The van der Waals surface area contributed by atoms with Gasteiger partial charge in [0, 0.05) is 17.0 Å². The molecule has 1 atom stereocenters. The third-order valence-corrected chi connectivity index (χ3v) is 5.46. The number of carbonyl (C=O) groups excluding carboxylic acids is 1. The van der Waals surface area contributed by atoms with E-state index in [-0.39, 0.29) is 5.28 Å². The first kappa shape index (κ1) is 21.0. The normalized spacial score (nSPS) is 12.0. The number of hydrogen-bond donors (Lipinski definition) is 3. The number of nitrogens with zero attached hydrogens (tertiary/aromatic N) is 2. The van der Waals surface area contributed by atoms with Crippen LogP contribution in [0.5, 0.6) is 0 Å². The summed E-state index contributed by atoms with van der Waals surface area (Å²) < 4.78 is 0. The molecule has 0 saturated carbocycles. The van der Waals surface area contributed by atoms with Gasteiger partial charge in [-0.1, -0.05) is 25.5 Å². The summed E-state index contributed by atoms with van der Waals surface area (Å²) in [6.45, 7) is 4.37. The van der Waals surface area contributed by atoms with E-state index in [1.165, 1.54) is 0 Å². The molecule has 0 radical (unpaired) electrons. The first-order chi connectivity index (χ1) is 13.9. The van der Waals surface area contributed by atoms with Crippen molar-refractivity contribution in [3.8, 4) is 0 Å². The zero-order valence-corrected chi connectivity index (χ0v) is 17.6. The molecule has 0 bridgehead atoms. The van der Waals surface area contributed by atoms with Crippen LogP contribution in [0.2, 0.25) is 5.28 Å². The van der Waals surface area contributed by atoms with Gasteiger partial charge in [0.05, 0.1) is 5.39 Å². The summed E-state index contributed by atoms with van der Waals surface area (Å²) in [7, 11) is 0. The van der Waals surface area contributed by atoms with Crippen molar-refractivity contribution in [1.29, 1.82) is 0 Å². The molecule has 7 nitrogen and oxygen atoms in total. The van der Waals surface area contributed by atoms with Gasteiger partial charge in [-0.15, -0.1) is 11.3 Å². The summed E-state index contributed by atoms with van der Waals surface area (Å²) in [5.74, 6) is -0.766. The molecule has 2 aromatic heterocycles. The number of fused-ring (bicyclic) bond motifs is 1. The Morgan fingerprint density at radius 1 is 1.24 bits per heavy atom. The second-order valence-corrected chi connectivity index (χ2v) is 8.19. The monoisotopic (exact) mass is 432 g/mol. The summed E-state index contributed by atoms with van der Waals surface area (Å²) in [5.41, 5.74) is 1.36. The highest BCUT2D eigenvalue weighted by Gasteiger charge is 2.19. The Bertz CT molecular complexity index is 1040. The zero-order chi connectivity index (χ0) is 21.0. The number of carboxylic acids is 1. The number of nitrogens with one attached hydrogen (secondary N) is 2. The highest BCUT2D eigenvalue weighted by molar-refractivity contribution is 7.18. The molecule has 0 spiro atoms. The van der Waals surface area contributed by atoms with Crippen LogP contribution in [0, 0.1) is 6.92 Å². The van der Waals surface area contributed by atoms with Crippen molar-refractivity contribution in [1.82, 2.24) is 15.3 Å². The van der Waals surface area contributed by atoms with Gasteiger partial charge < -0.3 is 15.7 Å². The van der Waals surface area contributed by atoms with Gasteiger partial charge in [-0.2, -0.15) is 0 Å². The molecule has 3 N–H and O–H groups in total. The first-order valence-electron chi connectivity index (χ1n) is 9.17. The number of aliphatic carboxylic acids is 1. The van der Waals surface area contributed by atoms with Crippen LogP contribution in [0.1, 0.15) is 40.6 Å². The molecule has 1 amide bonds. The van der Waals surface area contributed by atoms with Crippen LogP contribution in [0.25, 0.3) is 10.2 Å². The Labute approximate surface area is 177 Å². The van der Waals surface area contributed by atoms with Gasteiger partial charge in [-0.3, -0.25) is 4.79 Å². The number of aromatic nitrogens is 2. The lowest BCUT2D eigenvalue weighted by Gasteiger charge is -2.13. The molecule has 152 valence electrons. The molecule has 3 rings (SSSR count). The number of anilines is 1. The minimum Gasteiger partial charge on any atom is -0.480 e. The molecule has 0 fully saturated rings. The molecule has 1 unspecified atom stereocenters. The standard InChI is InChI=1S/C20H21ClN4O3S/c1-3-4-15(19(27)28)23-17(26)13-7-5-12(6-8-13)10-22-16-14-9-11(2)29-18(14)25-20(21)24-16/h5-9,15H,3-4,10H2,1-2H3,(H,23,26)(H,27,28)(H,22,24,25). The fourth-order valence-electron chi connectivity index (χ4n) is 2.90. The van der Waals surface area contributed by atoms with Gasteiger partial charge in [-0.25, -0.2) is 14.8 Å². The van der Waals surface area contributed by atoms with Crippen LogP contribution in [0.15, 0.2) is 30.3 Å². The number of rotatable bonds is 8. The Balaban J connectivity index is 1.67. The third kappa shape index (κ3) is 5.21. The van der Waals surface area contributed by atoms with Crippen LogP contribution in [0.4, 0.5) is 5.82 Å². The van der Waals surface area contributed by atoms with Crippen molar-refractivity contribution in [2.45, 2.75) is 39.3 Å². The van der Waals surface area contributed by atoms with Gasteiger partial charge >= 0.3 is 5.97 Å². The number of aryl methyl sites for hydroxylation is 1. The van der Waals surface area contributed by atoms with Crippen molar-refractivity contribution in [3.05, 3.63) is 51.6 Å². The summed E-state index contributed by atoms with van der Waals surface area (Å²) in [5, 5.41) is 16.1. The Morgan fingerprint density at radius 3 is 2.62 bits per heavy atom. The average Bonchev–Trinajstić information content (AvgIpc) is 3.06. The zero-order valence-electron chi connectivity index (χ0n) is 16.0. The van der Waals surface area contributed by atoms with E-state index in [1.54, 1.807) is 23.5 Å². The van der Waals surface area contributed by atoms with Gasteiger partial charge in [0.1, 0.15) is 16.7 Å². The molecule has 1 aromatic carbocycles. The van der Waals surface area contributed by atoms with E-state index >= 15 is 0 Å². The maximum Gasteiger partial charge on any atom is 0.326 e. The largest absolute Gasteiger partial charge is 0.480 e. The topological polar surface area (TPSA) is 104 Å². The van der Waals surface area contributed by atoms with E-state index < -0.39 is 17.9 Å². The van der Waals surface area contributed by atoms with Gasteiger partial charge in [0.2, 0.25) is 5.28 Å². The molecule has 0 saturated heterocycles. The maximum atomic E-state index is 12.3. The molecular formula is C20H21ClN4O3S. The third-order valence-electron chi connectivity index (χ3n) is 4.35. The summed E-state index contributed by atoms with van der Waals surface area (Å²) in [4.78, 5) is 34.0. The number of benzene rings is 1. The Morgan fingerprint density at radius 2 is 1.97 bits per heavy atom. The summed E-state index contributed by atoms with van der Waals surface area (Å²) >= 11 is 7.57. The second-order valence-electron chi connectivity index (χ2n) is 6.62. The molecule has 29 heavy (non-hydrogen) atoms. The van der Waals surface area contributed by atoms with Crippen molar-refractivity contribution in [3.63, 3.8) is 0 Å². The van der Waals surface area contributed by atoms with E-state index in [9.17, 15) is 14.7 Å². The van der Waals surface area contributed by atoms with E-state index in [4.69, 9.17) is 11.6 Å². The van der Waals surface area contributed by atoms with Gasteiger partial charge in [0.25, 0.3) is 5.91 Å². The number of thiophene rings is 1. The lowest BCUT2D eigenvalue weighted by molar-refractivity contribution is -0.139. The number of carbonyl (C=O) groups is 2. The molecule has 3 aromatic rings. The van der Waals surface area contributed by atoms with Crippen molar-refractivity contribution >= 4 is 50.8 Å². The van der Waals surface area contributed by atoms with Crippen LogP contribution in [0.3, 0.4) is 0 Å². The Kier molecular flexibility index (Phi) is 6.66. The number of hydrogen-bond acceptors (Lipinski definition) is 6. The molecule has 0 aliphatic heterocycles. The second kappa shape index (κ2) is 9.19. The van der Waals surface area contributed by atoms with Crippen molar-refractivity contribution in [2.24, 2.45) is 0 Å². The molecule has 0 aliphatic carbocycles. The summed E-state index contributed by atoms with van der Waals surface area (Å²) in [6.07, 6.45) is 1.06. The summed E-state index contributed by atoms with van der Waals surface area (Å²) in [6, 6.07) is 8.12. The molecule has 2 heterocycles.